The first-order valence-corrected chi connectivity index (χ1v) is 7.90. The summed E-state index contributed by atoms with van der Waals surface area (Å²) in [4.78, 5) is 5.71. The molecule has 0 unspecified atom stereocenters. The smallest absolute Gasteiger partial charge is 0.212 e. The van der Waals surface area contributed by atoms with Crippen LogP contribution in [0.15, 0.2) is 18.2 Å². The molecular weight excluding hydrogens is 296 g/mol. The normalized spacial score (nSPS) is 11.1. The van der Waals surface area contributed by atoms with Crippen molar-refractivity contribution in [1.29, 1.82) is 0 Å². The number of thiazole rings is 1. The highest BCUT2D eigenvalue weighted by Gasteiger charge is 2.18. The van der Waals surface area contributed by atoms with Crippen molar-refractivity contribution in [3.8, 4) is 16.4 Å². The average molecular weight is 314 g/mol. The van der Waals surface area contributed by atoms with Gasteiger partial charge in [0.1, 0.15) is 11.4 Å². The molecule has 1 aromatic carbocycles. The van der Waals surface area contributed by atoms with Gasteiger partial charge in [0.15, 0.2) is 0 Å². The van der Waals surface area contributed by atoms with Crippen molar-refractivity contribution >= 4 is 11.3 Å². The number of hydrogen-bond donors (Lipinski definition) is 1. The van der Waals surface area contributed by atoms with Crippen molar-refractivity contribution in [3.05, 3.63) is 45.6 Å². The van der Waals surface area contributed by atoms with E-state index in [1.54, 1.807) is 16.0 Å². The average Bonchev–Trinajstić information content (AvgIpc) is 3.06. The molecule has 0 bridgehead atoms. The first-order valence-electron chi connectivity index (χ1n) is 7.08. The second-order valence-electron chi connectivity index (χ2n) is 5.39. The van der Waals surface area contributed by atoms with Gasteiger partial charge in [0.2, 0.25) is 5.13 Å². The topological polar surface area (TPSA) is 63.8 Å². The van der Waals surface area contributed by atoms with Gasteiger partial charge in [0, 0.05) is 10.4 Å². The van der Waals surface area contributed by atoms with Gasteiger partial charge in [-0.1, -0.05) is 28.7 Å². The van der Waals surface area contributed by atoms with Gasteiger partial charge >= 0.3 is 0 Å². The van der Waals surface area contributed by atoms with Crippen LogP contribution < -0.4 is 0 Å². The summed E-state index contributed by atoms with van der Waals surface area (Å²) in [5.41, 5.74) is 5.78. The quantitative estimate of drug-likeness (QED) is 0.807. The zero-order valence-electron chi connectivity index (χ0n) is 13.1. The summed E-state index contributed by atoms with van der Waals surface area (Å²) < 4.78 is 1.72. The van der Waals surface area contributed by atoms with E-state index in [2.05, 4.69) is 41.3 Å². The highest BCUT2D eigenvalue weighted by molar-refractivity contribution is 7.14. The molecule has 0 aliphatic heterocycles. The summed E-state index contributed by atoms with van der Waals surface area (Å²) in [6.45, 7) is 8.02. The monoisotopic (exact) mass is 314 g/mol. The largest absolute Gasteiger partial charge is 0.390 e. The van der Waals surface area contributed by atoms with Gasteiger partial charge < -0.3 is 5.11 Å². The Hall–Kier alpha value is -2.05. The van der Waals surface area contributed by atoms with Gasteiger partial charge in [-0.25, -0.2) is 4.98 Å². The van der Waals surface area contributed by atoms with E-state index in [0.717, 1.165) is 27.0 Å². The van der Waals surface area contributed by atoms with E-state index >= 15 is 0 Å². The molecular formula is C16H18N4OS. The number of aliphatic hydroxyl groups is 1. The molecule has 5 nitrogen and oxygen atoms in total. The lowest BCUT2D eigenvalue weighted by Crippen LogP contribution is -2.00. The lowest BCUT2D eigenvalue weighted by molar-refractivity contribution is 0.277. The van der Waals surface area contributed by atoms with E-state index in [1.165, 1.54) is 11.1 Å². The lowest BCUT2D eigenvalue weighted by Gasteiger charge is -2.07. The number of rotatable bonds is 3. The molecule has 22 heavy (non-hydrogen) atoms. The van der Waals surface area contributed by atoms with Crippen LogP contribution in [-0.2, 0) is 6.61 Å². The van der Waals surface area contributed by atoms with Gasteiger partial charge in [-0.3, -0.25) is 0 Å². The minimum Gasteiger partial charge on any atom is -0.390 e. The van der Waals surface area contributed by atoms with Crippen LogP contribution in [0.2, 0.25) is 0 Å². The maximum absolute atomic E-state index is 9.59. The third kappa shape index (κ3) is 2.44. The van der Waals surface area contributed by atoms with E-state index in [-0.39, 0.29) is 6.61 Å². The molecule has 0 saturated carbocycles. The number of aromatic nitrogens is 4. The van der Waals surface area contributed by atoms with Crippen molar-refractivity contribution in [2.24, 2.45) is 0 Å². The molecule has 0 aliphatic carbocycles. The Labute approximate surface area is 133 Å². The highest BCUT2D eigenvalue weighted by Crippen LogP contribution is 2.29. The molecule has 0 radical (unpaired) electrons. The van der Waals surface area contributed by atoms with Gasteiger partial charge in [0.05, 0.1) is 12.3 Å². The van der Waals surface area contributed by atoms with Gasteiger partial charge in [-0.2, -0.15) is 4.68 Å². The minimum atomic E-state index is -0.147. The zero-order chi connectivity index (χ0) is 15.9. The Morgan fingerprint density at radius 3 is 2.50 bits per heavy atom. The first-order chi connectivity index (χ1) is 10.5. The maximum Gasteiger partial charge on any atom is 0.212 e. The second-order valence-corrected chi connectivity index (χ2v) is 6.57. The second kappa shape index (κ2) is 5.62. The summed E-state index contributed by atoms with van der Waals surface area (Å²) in [6.07, 6.45) is 0. The van der Waals surface area contributed by atoms with Gasteiger partial charge in [-0.05, 0) is 44.9 Å². The molecule has 6 heteroatoms. The molecule has 1 N–H and O–H groups in total. The molecule has 0 fully saturated rings. The van der Waals surface area contributed by atoms with Crippen molar-refractivity contribution in [1.82, 2.24) is 20.0 Å². The molecule has 0 amide bonds. The fraction of sp³-hybridized carbons (Fsp3) is 0.312. The molecule has 0 saturated heterocycles. The third-order valence-corrected chi connectivity index (χ3v) is 4.92. The summed E-state index contributed by atoms with van der Waals surface area (Å²) >= 11 is 1.58. The summed E-state index contributed by atoms with van der Waals surface area (Å²) in [7, 11) is 0. The van der Waals surface area contributed by atoms with Crippen molar-refractivity contribution in [2.45, 2.75) is 34.3 Å². The molecule has 114 valence electrons. The van der Waals surface area contributed by atoms with Crippen LogP contribution in [0.3, 0.4) is 0 Å². The van der Waals surface area contributed by atoms with Crippen LogP contribution in [0.4, 0.5) is 0 Å². The standard InChI is InChI=1S/C16H18N4OS/c1-9-5-6-13(7-10(9)2)15-14(8-21)18-19-20(15)16-17-11(3)12(4)22-16/h5-7,21H,8H2,1-4H3. The Morgan fingerprint density at radius 2 is 1.91 bits per heavy atom. The van der Waals surface area contributed by atoms with Crippen LogP contribution in [0.25, 0.3) is 16.4 Å². The number of nitrogens with zero attached hydrogens (tertiary/aromatic N) is 4. The lowest BCUT2D eigenvalue weighted by atomic mass is 10.0. The Morgan fingerprint density at radius 1 is 1.14 bits per heavy atom. The molecule has 2 aromatic heterocycles. The van der Waals surface area contributed by atoms with Crippen LogP contribution >= 0.6 is 11.3 Å². The fourth-order valence-corrected chi connectivity index (χ4v) is 3.14. The molecule has 0 aliphatic rings. The maximum atomic E-state index is 9.59. The van der Waals surface area contributed by atoms with Gasteiger partial charge in [-0.15, -0.1) is 5.10 Å². The molecule has 3 rings (SSSR count). The molecule has 2 heterocycles. The Kier molecular flexibility index (Phi) is 3.80. The van der Waals surface area contributed by atoms with Crippen LogP contribution in [0.5, 0.6) is 0 Å². The minimum absolute atomic E-state index is 0.147. The summed E-state index contributed by atoms with van der Waals surface area (Å²) in [6, 6.07) is 6.20. The summed E-state index contributed by atoms with van der Waals surface area (Å²) in [5, 5.41) is 18.7. The fourth-order valence-electron chi connectivity index (χ4n) is 2.28. The van der Waals surface area contributed by atoms with Crippen molar-refractivity contribution < 1.29 is 5.11 Å². The molecule has 3 aromatic rings. The van der Waals surface area contributed by atoms with Crippen LogP contribution in [0.1, 0.15) is 27.4 Å². The predicted molar refractivity (Wildman–Crippen MR) is 87.3 cm³/mol. The number of hydrogen-bond acceptors (Lipinski definition) is 5. The van der Waals surface area contributed by atoms with Crippen LogP contribution in [-0.4, -0.2) is 25.1 Å². The number of benzene rings is 1. The van der Waals surface area contributed by atoms with Crippen molar-refractivity contribution in [2.75, 3.05) is 0 Å². The number of aliphatic hydroxyl groups excluding tert-OH is 1. The van der Waals surface area contributed by atoms with Crippen molar-refractivity contribution in [3.63, 3.8) is 0 Å². The summed E-state index contributed by atoms with van der Waals surface area (Å²) in [5.74, 6) is 0. The van der Waals surface area contributed by atoms with Gasteiger partial charge in [0.25, 0.3) is 0 Å². The zero-order valence-corrected chi connectivity index (χ0v) is 13.9. The SMILES string of the molecule is Cc1ccc(-c2c(CO)nnn2-c2nc(C)c(C)s2)cc1C. The van der Waals surface area contributed by atoms with E-state index < -0.39 is 0 Å². The molecule has 0 atom stereocenters. The van der Waals surface area contributed by atoms with E-state index in [1.807, 2.05) is 19.9 Å². The molecule has 0 spiro atoms. The highest BCUT2D eigenvalue weighted by atomic mass is 32.1. The van der Waals surface area contributed by atoms with Crippen LogP contribution in [0, 0.1) is 27.7 Å². The van der Waals surface area contributed by atoms with E-state index in [4.69, 9.17) is 0 Å². The van der Waals surface area contributed by atoms with E-state index in [0.29, 0.717) is 5.69 Å². The third-order valence-electron chi connectivity index (χ3n) is 3.87. The van der Waals surface area contributed by atoms with E-state index in [9.17, 15) is 5.11 Å². The first kappa shape index (κ1) is 14.9. The number of aryl methyl sites for hydroxylation is 4. The predicted octanol–water partition coefficient (Wildman–Crippen LogP) is 3.12. The Balaban J connectivity index is 2.21. The Bertz CT molecular complexity index is 815.